The number of pyridine rings is 1. The Hall–Kier alpha value is -1.81. The quantitative estimate of drug-likeness (QED) is 0.505. The molecule has 0 N–H and O–H groups in total. The molecule has 5 nitrogen and oxygen atoms in total. The third-order valence-corrected chi connectivity index (χ3v) is 8.47. The van der Waals surface area contributed by atoms with Crippen LogP contribution in [0.25, 0.3) is 10.6 Å². The maximum absolute atomic E-state index is 13.1. The molecule has 1 aliphatic heterocycles. The Morgan fingerprint density at radius 1 is 1.07 bits per heavy atom. The normalized spacial score (nSPS) is 15.5. The monoisotopic (exact) mass is 449 g/mol. The first-order chi connectivity index (χ1) is 14.0. The number of sulfonamides is 1. The first-order valence-corrected chi connectivity index (χ1v) is 12.6. The van der Waals surface area contributed by atoms with Gasteiger partial charge in [0, 0.05) is 36.0 Å². The summed E-state index contributed by atoms with van der Waals surface area (Å²) >= 11 is 3.02. The summed E-state index contributed by atoms with van der Waals surface area (Å²) in [5, 5.41) is 3.57. The summed E-state index contributed by atoms with van der Waals surface area (Å²) in [6.45, 7) is 1.16. The van der Waals surface area contributed by atoms with Gasteiger partial charge < -0.3 is 0 Å². The topological polar surface area (TPSA) is 63.2 Å². The van der Waals surface area contributed by atoms with Crippen LogP contribution in [-0.4, -0.2) is 35.8 Å². The number of aromatic nitrogens is 2. The fraction of sp³-hybridized carbons (Fsp3) is 0.300. The summed E-state index contributed by atoms with van der Waals surface area (Å²) < 4.78 is 40.0. The van der Waals surface area contributed by atoms with E-state index in [1.807, 2.05) is 5.38 Å². The van der Waals surface area contributed by atoms with Gasteiger partial charge in [0.05, 0.1) is 10.7 Å². The van der Waals surface area contributed by atoms with E-state index in [1.54, 1.807) is 28.6 Å². The van der Waals surface area contributed by atoms with E-state index >= 15 is 0 Å². The molecule has 1 fully saturated rings. The van der Waals surface area contributed by atoms with Crippen molar-refractivity contribution in [1.82, 2.24) is 14.3 Å². The van der Waals surface area contributed by atoms with Gasteiger partial charge in [-0.2, -0.15) is 4.31 Å². The number of rotatable bonds is 6. The van der Waals surface area contributed by atoms with E-state index in [-0.39, 0.29) is 10.7 Å². The van der Waals surface area contributed by atoms with Crippen LogP contribution in [0.5, 0.6) is 0 Å². The molecule has 0 bridgehead atoms. The van der Waals surface area contributed by atoms with Crippen molar-refractivity contribution < 1.29 is 12.8 Å². The number of halogens is 1. The van der Waals surface area contributed by atoms with Gasteiger partial charge in [-0.05, 0) is 49.2 Å². The minimum absolute atomic E-state index is 0.246. The molecule has 0 unspecified atom stereocenters. The van der Waals surface area contributed by atoms with Crippen molar-refractivity contribution in [2.45, 2.75) is 34.9 Å². The van der Waals surface area contributed by atoms with E-state index in [0.717, 1.165) is 40.6 Å². The second kappa shape index (κ2) is 8.91. The highest BCUT2D eigenvalue weighted by Gasteiger charge is 2.26. The molecule has 0 atom stereocenters. The molecule has 0 amide bonds. The minimum Gasteiger partial charge on any atom is -0.249 e. The van der Waals surface area contributed by atoms with Gasteiger partial charge in [-0.25, -0.2) is 22.8 Å². The Kier molecular flexibility index (Phi) is 6.29. The summed E-state index contributed by atoms with van der Waals surface area (Å²) in [6.07, 6.45) is 4.35. The SMILES string of the molecule is O=S(=O)(c1ccc(SCc2csc(-c3ccc(F)cc3)n2)nc1)N1CCCCC1. The first kappa shape index (κ1) is 20.5. The largest absolute Gasteiger partial charge is 0.249 e. The molecule has 0 aliphatic carbocycles. The molecule has 152 valence electrons. The predicted molar refractivity (Wildman–Crippen MR) is 114 cm³/mol. The molecule has 1 aromatic carbocycles. The molecule has 29 heavy (non-hydrogen) atoms. The second-order valence-electron chi connectivity index (χ2n) is 6.74. The lowest BCUT2D eigenvalue weighted by Crippen LogP contribution is -2.35. The predicted octanol–water partition coefficient (Wildman–Crippen LogP) is 4.81. The van der Waals surface area contributed by atoms with E-state index in [0.29, 0.717) is 18.8 Å². The average molecular weight is 450 g/mol. The maximum atomic E-state index is 13.1. The first-order valence-electron chi connectivity index (χ1n) is 9.32. The van der Waals surface area contributed by atoms with Crippen LogP contribution >= 0.6 is 23.1 Å². The Bertz CT molecular complexity index is 1060. The van der Waals surface area contributed by atoms with Crippen molar-refractivity contribution in [2.75, 3.05) is 13.1 Å². The minimum atomic E-state index is -3.45. The highest BCUT2D eigenvalue weighted by molar-refractivity contribution is 7.98. The number of thioether (sulfide) groups is 1. The Balaban J connectivity index is 1.39. The summed E-state index contributed by atoms with van der Waals surface area (Å²) in [5.74, 6) is 0.362. The molecule has 2 aromatic heterocycles. The standard InChI is InChI=1S/C20H20FN3O2S3/c21-16-6-4-15(5-7-16)20-23-17(14-28-20)13-27-19-9-8-18(12-22-19)29(25,26)24-10-2-1-3-11-24/h4-9,12,14H,1-3,10-11,13H2. The van der Waals surface area contributed by atoms with Crippen LogP contribution in [0, 0.1) is 5.82 Å². The van der Waals surface area contributed by atoms with Crippen molar-refractivity contribution in [3.05, 3.63) is 59.5 Å². The van der Waals surface area contributed by atoms with Crippen LogP contribution in [0.1, 0.15) is 25.0 Å². The van der Waals surface area contributed by atoms with Crippen molar-refractivity contribution in [3.63, 3.8) is 0 Å². The highest BCUT2D eigenvalue weighted by Crippen LogP contribution is 2.28. The number of piperidine rings is 1. The third-order valence-electron chi connectivity index (χ3n) is 4.67. The molecular weight excluding hydrogens is 429 g/mol. The molecular formula is C20H20FN3O2S3. The van der Waals surface area contributed by atoms with E-state index < -0.39 is 10.0 Å². The van der Waals surface area contributed by atoms with E-state index in [1.165, 1.54) is 41.4 Å². The molecule has 9 heteroatoms. The van der Waals surface area contributed by atoms with Gasteiger partial charge >= 0.3 is 0 Å². The zero-order valence-electron chi connectivity index (χ0n) is 15.6. The van der Waals surface area contributed by atoms with E-state index in [4.69, 9.17) is 0 Å². The van der Waals surface area contributed by atoms with Crippen LogP contribution in [0.15, 0.2) is 57.9 Å². The van der Waals surface area contributed by atoms with Crippen molar-refractivity contribution in [3.8, 4) is 10.6 Å². The highest BCUT2D eigenvalue weighted by atomic mass is 32.2. The lowest BCUT2D eigenvalue weighted by molar-refractivity contribution is 0.346. The number of nitrogens with zero attached hydrogens (tertiary/aromatic N) is 3. The molecule has 0 spiro atoms. The van der Waals surface area contributed by atoms with Crippen LogP contribution in [-0.2, 0) is 15.8 Å². The molecule has 4 rings (SSSR count). The maximum Gasteiger partial charge on any atom is 0.244 e. The third kappa shape index (κ3) is 4.85. The molecule has 3 aromatic rings. The fourth-order valence-electron chi connectivity index (χ4n) is 3.11. The van der Waals surface area contributed by atoms with Gasteiger partial charge in [0.25, 0.3) is 0 Å². The zero-order chi connectivity index (χ0) is 20.3. The second-order valence-corrected chi connectivity index (χ2v) is 10.5. The molecule has 1 aliphatic rings. The van der Waals surface area contributed by atoms with Gasteiger partial charge in [-0.1, -0.05) is 6.42 Å². The number of thiazole rings is 1. The van der Waals surface area contributed by atoms with Gasteiger partial charge in [0.15, 0.2) is 0 Å². The van der Waals surface area contributed by atoms with Crippen molar-refractivity contribution in [2.24, 2.45) is 0 Å². The molecule has 0 saturated carbocycles. The van der Waals surface area contributed by atoms with Gasteiger partial charge in [0.2, 0.25) is 10.0 Å². The summed E-state index contributed by atoms with van der Waals surface area (Å²) in [7, 11) is -3.45. The molecule has 1 saturated heterocycles. The summed E-state index contributed by atoms with van der Waals surface area (Å²) in [6, 6.07) is 9.66. The number of benzene rings is 1. The van der Waals surface area contributed by atoms with Crippen LogP contribution < -0.4 is 0 Å². The summed E-state index contributed by atoms with van der Waals surface area (Å²) in [4.78, 5) is 9.16. The molecule has 0 radical (unpaired) electrons. The van der Waals surface area contributed by atoms with E-state index in [9.17, 15) is 12.8 Å². The Morgan fingerprint density at radius 2 is 1.83 bits per heavy atom. The number of hydrogen-bond acceptors (Lipinski definition) is 6. The van der Waals surface area contributed by atoms with Gasteiger partial charge in [-0.15, -0.1) is 23.1 Å². The molecule has 3 heterocycles. The van der Waals surface area contributed by atoms with Crippen LogP contribution in [0.2, 0.25) is 0 Å². The smallest absolute Gasteiger partial charge is 0.244 e. The fourth-order valence-corrected chi connectivity index (χ4v) is 6.23. The Morgan fingerprint density at radius 3 is 2.52 bits per heavy atom. The lowest BCUT2D eigenvalue weighted by atomic mass is 10.2. The van der Waals surface area contributed by atoms with Crippen LogP contribution in [0.3, 0.4) is 0 Å². The summed E-state index contributed by atoms with van der Waals surface area (Å²) in [5.41, 5.74) is 1.80. The van der Waals surface area contributed by atoms with Crippen molar-refractivity contribution in [1.29, 1.82) is 0 Å². The van der Waals surface area contributed by atoms with Gasteiger partial charge in [0.1, 0.15) is 15.7 Å². The Labute approximate surface area is 178 Å². The zero-order valence-corrected chi connectivity index (χ0v) is 18.1. The van der Waals surface area contributed by atoms with Crippen LogP contribution in [0.4, 0.5) is 4.39 Å². The average Bonchev–Trinajstić information content (AvgIpc) is 3.23. The van der Waals surface area contributed by atoms with Gasteiger partial charge in [-0.3, -0.25) is 0 Å². The van der Waals surface area contributed by atoms with Crippen molar-refractivity contribution >= 4 is 33.1 Å². The lowest BCUT2D eigenvalue weighted by Gasteiger charge is -2.25. The number of hydrogen-bond donors (Lipinski definition) is 0. The van der Waals surface area contributed by atoms with E-state index in [2.05, 4.69) is 9.97 Å².